The van der Waals surface area contributed by atoms with Crippen molar-refractivity contribution in [2.75, 3.05) is 0 Å². The van der Waals surface area contributed by atoms with Crippen LogP contribution in [-0.4, -0.2) is 9.97 Å². The van der Waals surface area contributed by atoms with Crippen LogP contribution in [0.5, 0.6) is 0 Å². The lowest BCUT2D eigenvalue weighted by atomic mass is 10.1. The molecule has 0 N–H and O–H groups in total. The van der Waals surface area contributed by atoms with Gasteiger partial charge < -0.3 is 4.42 Å². The van der Waals surface area contributed by atoms with Gasteiger partial charge in [-0.2, -0.15) is 0 Å². The Morgan fingerprint density at radius 1 is 0.857 bits per heavy atom. The van der Waals surface area contributed by atoms with E-state index in [0.717, 1.165) is 16.2 Å². The summed E-state index contributed by atoms with van der Waals surface area (Å²) in [7, 11) is 0. The Morgan fingerprint density at radius 3 is 2.33 bits per heavy atom. The maximum Gasteiger partial charge on any atom is 0.344 e. The van der Waals surface area contributed by atoms with E-state index >= 15 is 0 Å². The Balaban J connectivity index is 2.05. The summed E-state index contributed by atoms with van der Waals surface area (Å²) in [6.07, 6.45) is 4.64. The molecule has 2 aromatic heterocycles. The molecule has 100 valence electrons. The first-order chi connectivity index (χ1) is 10.3. The van der Waals surface area contributed by atoms with Gasteiger partial charge >= 0.3 is 5.63 Å². The maximum absolute atomic E-state index is 12.1. The second kappa shape index (κ2) is 4.52. The largest absolute Gasteiger partial charge is 0.422 e. The molecule has 4 rings (SSSR count). The van der Waals surface area contributed by atoms with Crippen molar-refractivity contribution in [2.45, 2.75) is 0 Å². The summed E-state index contributed by atoms with van der Waals surface area (Å²) in [6.45, 7) is 0. The first-order valence-electron chi connectivity index (χ1n) is 6.53. The van der Waals surface area contributed by atoms with Gasteiger partial charge in [0, 0.05) is 23.3 Å². The number of hydrogen-bond donors (Lipinski definition) is 0. The van der Waals surface area contributed by atoms with Crippen molar-refractivity contribution in [3.63, 3.8) is 0 Å². The minimum atomic E-state index is -0.382. The van der Waals surface area contributed by atoms with Crippen LogP contribution >= 0.6 is 0 Å². The van der Waals surface area contributed by atoms with E-state index in [1.165, 1.54) is 6.33 Å². The van der Waals surface area contributed by atoms with E-state index in [1.807, 2.05) is 42.5 Å². The first-order valence-corrected chi connectivity index (χ1v) is 6.53. The lowest BCUT2D eigenvalue weighted by Gasteiger charge is -2.04. The van der Waals surface area contributed by atoms with Gasteiger partial charge in [-0.15, -0.1) is 0 Å². The molecule has 2 heterocycles. The fraction of sp³-hybridized carbons (Fsp3) is 0. The van der Waals surface area contributed by atoms with Crippen LogP contribution in [0.2, 0.25) is 0 Å². The van der Waals surface area contributed by atoms with Crippen molar-refractivity contribution in [1.82, 2.24) is 9.97 Å². The predicted octanol–water partition coefficient (Wildman–Crippen LogP) is 3.40. The Morgan fingerprint density at radius 2 is 1.57 bits per heavy atom. The molecule has 21 heavy (non-hydrogen) atoms. The normalized spacial score (nSPS) is 11.0. The second-order valence-corrected chi connectivity index (χ2v) is 4.81. The van der Waals surface area contributed by atoms with Crippen molar-refractivity contribution in [2.24, 2.45) is 0 Å². The van der Waals surface area contributed by atoms with Crippen molar-refractivity contribution < 1.29 is 4.42 Å². The summed E-state index contributed by atoms with van der Waals surface area (Å²) in [4.78, 5) is 20.0. The minimum absolute atomic E-state index is 0.382. The third kappa shape index (κ3) is 1.97. The highest BCUT2D eigenvalue weighted by molar-refractivity contribution is 5.96. The monoisotopic (exact) mass is 274 g/mol. The maximum atomic E-state index is 12.1. The number of benzene rings is 2. The molecule has 0 aliphatic carbocycles. The van der Waals surface area contributed by atoms with E-state index in [1.54, 1.807) is 12.4 Å². The summed E-state index contributed by atoms with van der Waals surface area (Å²) in [6, 6.07) is 13.7. The van der Waals surface area contributed by atoms with Gasteiger partial charge in [0.1, 0.15) is 11.9 Å². The predicted molar refractivity (Wildman–Crippen MR) is 81.0 cm³/mol. The summed E-state index contributed by atoms with van der Waals surface area (Å²) >= 11 is 0. The molecular formula is C17H10N2O2. The van der Waals surface area contributed by atoms with Crippen molar-refractivity contribution in [3.05, 3.63) is 71.6 Å². The van der Waals surface area contributed by atoms with Crippen LogP contribution in [0.3, 0.4) is 0 Å². The standard InChI is InChI=1S/C17H10N2O2/c20-17-15(14-8-18-10-19-9-14)6-13-5-11-3-1-2-4-12(11)7-16(13)21-17/h1-10H. The highest BCUT2D eigenvalue weighted by atomic mass is 16.4. The highest BCUT2D eigenvalue weighted by Gasteiger charge is 2.09. The molecule has 0 unspecified atom stereocenters. The molecule has 0 aliphatic rings. The van der Waals surface area contributed by atoms with Crippen LogP contribution in [0.15, 0.2) is 70.4 Å². The fourth-order valence-electron chi connectivity index (χ4n) is 2.45. The van der Waals surface area contributed by atoms with Crippen LogP contribution in [0, 0.1) is 0 Å². The lowest BCUT2D eigenvalue weighted by molar-refractivity contribution is 0.564. The topological polar surface area (TPSA) is 56.0 Å². The summed E-state index contributed by atoms with van der Waals surface area (Å²) in [5.41, 5.74) is 1.33. The van der Waals surface area contributed by atoms with E-state index in [2.05, 4.69) is 9.97 Å². The Bertz CT molecular complexity index is 1010. The number of nitrogens with zero attached hydrogens (tertiary/aromatic N) is 2. The number of hydrogen-bond acceptors (Lipinski definition) is 4. The quantitative estimate of drug-likeness (QED) is 0.394. The molecule has 0 spiro atoms. The van der Waals surface area contributed by atoms with Gasteiger partial charge in [0.2, 0.25) is 0 Å². The lowest BCUT2D eigenvalue weighted by Crippen LogP contribution is -2.03. The van der Waals surface area contributed by atoms with Crippen LogP contribution < -0.4 is 5.63 Å². The summed E-state index contributed by atoms with van der Waals surface area (Å²) in [5, 5.41) is 3.03. The number of rotatable bonds is 1. The highest BCUT2D eigenvalue weighted by Crippen LogP contribution is 2.24. The van der Waals surface area contributed by atoms with Crippen LogP contribution in [0.1, 0.15) is 0 Å². The summed E-state index contributed by atoms with van der Waals surface area (Å²) < 4.78 is 5.44. The van der Waals surface area contributed by atoms with Crippen molar-refractivity contribution >= 4 is 21.7 Å². The molecule has 0 bridgehead atoms. The van der Waals surface area contributed by atoms with Gasteiger partial charge in [-0.05, 0) is 29.0 Å². The van der Waals surface area contributed by atoms with Crippen molar-refractivity contribution in [1.29, 1.82) is 0 Å². The number of aromatic nitrogens is 2. The summed E-state index contributed by atoms with van der Waals surface area (Å²) in [5.74, 6) is 0. The van der Waals surface area contributed by atoms with Crippen LogP contribution in [0.4, 0.5) is 0 Å². The molecular weight excluding hydrogens is 264 g/mol. The Labute approximate surface area is 119 Å². The van der Waals surface area contributed by atoms with Gasteiger partial charge in [0.25, 0.3) is 0 Å². The van der Waals surface area contributed by atoms with E-state index in [-0.39, 0.29) is 5.63 Å². The van der Waals surface area contributed by atoms with E-state index in [4.69, 9.17) is 4.42 Å². The SMILES string of the molecule is O=c1oc2cc3ccccc3cc2cc1-c1cncnc1. The molecule has 0 saturated carbocycles. The van der Waals surface area contributed by atoms with E-state index in [9.17, 15) is 4.79 Å². The van der Waals surface area contributed by atoms with Gasteiger partial charge in [0.15, 0.2) is 0 Å². The molecule has 2 aromatic carbocycles. The average Bonchev–Trinajstić information content (AvgIpc) is 2.53. The molecule has 0 fully saturated rings. The van der Waals surface area contributed by atoms with Gasteiger partial charge in [-0.25, -0.2) is 14.8 Å². The molecule has 4 heteroatoms. The molecule has 0 saturated heterocycles. The zero-order chi connectivity index (χ0) is 14.2. The fourth-order valence-corrected chi connectivity index (χ4v) is 2.45. The third-order valence-electron chi connectivity index (χ3n) is 3.47. The minimum Gasteiger partial charge on any atom is -0.422 e. The van der Waals surface area contributed by atoms with E-state index in [0.29, 0.717) is 16.7 Å². The molecule has 4 nitrogen and oxygen atoms in total. The Kier molecular flexibility index (Phi) is 2.54. The Hall–Kier alpha value is -3.01. The molecule has 4 aromatic rings. The van der Waals surface area contributed by atoms with E-state index < -0.39 is 0 Å². The second-order valence-electron chi connectivity index (χ2n) is 4.81. The molecule has 0 radical (unpaired) electrons. The number of fused-ring (bicyclic) bond motifs is 2. The third-order valence-corrected chi connectivity index (χ3v) is 3.47. The first kappa shape index (κ1) is 11.8. The zero-order valence-electron chi connectivity index (χ0n) is 11.0. The molecule has 0 amide bonds. The van der Waals surface area contributed by atoms with Crippen LogP contribution in [-0.2, 0) is 0 Å². The smallest absolute Gasteiger partial charge is 0.344 e. The van der Waals surface area contributed by atoms with Gasteiger partial charge in [-0.1, -0.05) is 24.3 Å². The van der Waals surface area contributed by atoms with Crippen LogP contribution in [0.25, 0.3) is 32.9 Å². The van der Waals surface area contributed by atoms with Gasteiger partial charge in [0.05, 0.1) is 5.56 Å². The molecule has 0 atom stereocenters. The van der Waals surface area contributed by atoms with Crippen molar-refractivity contribution in [3.8, 4) is 11.1 Å². The average molecular weight is 274 g/mol. The molecule has 0 aliphatic heterocycles. The zero-order valence-corrected chi connectivity index (χ0v) is 11.0. The van der Waals surface area contributed by atoms with Gasteiger partial charge in [-0.3, -0.25) is 0 Å².